The third-order valence-electron chi connectivity index (χ3n) is 3.54. The van der Waals surface area contributed by atoms with Gasteiger partial charge in [-0.25, -0.2) is 18.4 Å². The van der Waals surface area contributed by atoms with Gasteiger partial charge in [0.05, 0.1) is 6.10 Å². The standard InChI is InChI=1S/C16H20F2N2O6S/c1-7(2)24-16(23)26-8(3)25-15(22)12-9(4-5-10(17)18)6-27-14-11(19)13(21)20(12)14/h4-5,7-8,10-11,14H,6,19H2,1-3H3/b5-4-/t8?,11-,14-/m1/s1. The summed E-state index contributed by atoms with van der Waals surface area (Å²) < 4.78 is 39.6. The van der Waals surface area contributed by atoms with Crippen molar-refractivity contribution in [2.45, 2.75) is 51.0 Å². The molecule has 0 spiro atoms. The van der Waals surface area contributed by atoms with Crippen LogP contribution in [0.1, 0.15) is 20.8 Å². The number of hydrogen-bond donors (Lipinski definition) is 1. The summed E-state index contributed by atoms with van der Waals surface area (Å²) in [5.74, 6) is -1.31. The van der Waals surface area contributed by atoms with Gasteiger partial charge in [0.1, 0.15) is 17.1 Å². The largest absolute Gasteiger partial charge is 0.511 e. The maximum atomic E-state index is 12.5. The summed E-state index contributed by atoms with van der Waals surface area (Å²) in [5, 5.41) is -0.481. The molecule has 0 aromatic rings. The van der Waals surface area contributed by atoms with Gasteiger partial charge in [0.2, 0.25) is 12.2 Å². The molecule has 0 aromatic carbocycles. The van der Waals surface area contributed by atoms with E-state index < -0.39 is 48.3 Å². The van der Waals surface area contributed by atoms with Crippen LogP contribution in [0.25, 0.3) is 0 Å². The summed E-state index contributed by atoms with van der Waals surface area (Å²) in [7, 11) is 0. The minimum Gasteiger partial charge on any atom is -0.431 e. The number of nitrogens with zero attached hydrogens (tertiary/aromatic N) is 1. The summed E-state index contributed by atoms with van der Waals surface area (Å²) in [6.45, 7) is 4.51. The molecule has 2 N–H and O–H groups in total. The molecule has 11 heteroatoms. The van der Waals surface area contributed by atoms with Crippen molar-refractivity contribution in [2.75, 3.05) is 5.75 Å². The van der Waals surface area contributed by atoms with Crippen molar-refractivity contribution < 1.29 is 37.4 Å². The van der Waals surface area contributed by atoms with Crippen LogP contribution in [-0.2, 0) is 23.8 Å². The molecule has 1 fully saturated rings. The van der Waals surface area contributed by atoms with Gasteiger partial charge in [-0.15, -0.1) is 11.8 Å². The summed E-state index contributed by atoms with van der Waals surface area (Å²) in [6.07, 6.45) is -3.82. The Bertz CT molecular complexity index is 682. The SMILES string of the molecule is CC(C)OC(=O)OC(C)OC(=O)C1=C(/C=C\C(F)F)CS[C@@H]2[C@H](N)C(=O)N12. The highest BCUT2D eigenvalue weighted by Crippen LogP contribution is 2.40. The molecule has 2 rings (SSSR count). The van der Waals surface area contributed by atoms with E-state index in [1.165, 1.54) is 18.7 Å². The predicted molar refractivity (Wildman–Crippen MR) is 91.5 cm³/mol. The highest BCUT2D eigenvalue weighted by atomic mass is 32.2. The molecule has 150 valence electrons. The third kappa shape index (κ3) is 4.98. The lowest BCUT2D eigenvalue weighted by Crippen LogP contribution is -2.68. The average Bonchev–Trinajstić information content (AvgIpc) is 2.56. The van der Waals surface area contributed by atoms with Gasteiger partial charge < -0.3 is 19.9 Å². The maximum absolute atomic E-state index is 12.5. The topological polar surface area (TPSA) is 108 Å². The molecule has 0 aliphatic carbocycles. The van der Waals surface area contributed by atoms with Crippen molar-refractivity contribution in [3.63, 3.8) is 0 Å². The molecule has 1 amide bonds. The second kappa shape index (κ2) is 8.70. The zero-order valence-corrected chi connectivity index (χ0v) is 15.7. The van der Waals surface area contributed by atoms with Crippen molar-refractivity contribution in [3.05, 3.63) is 23.4 Å². The van der Waals surface area contributed by atoms with Crippen LogP contribution in [0.4, 0.5) is 13.6 Å². The lowest BCUT2D eigenvalue weighted by molar-refractivity contribution is -0.169. The second-order valence-corrected chi connectivity index (χ2v) is 7.12. The molecule has 1 saturated heterocycles. The number of rotatable bonds is 6. The number of fused-ring (bicyclic) bond motifs is 1. The molecule has 0 aromatic heterocycles. The highest BCUT2D eigenvalue weighted by molar-refractivity contribution is 8.00. The fourth-order valence-corrected chi connectivity index (χ4v) is 3.70. The first-order chi connectivity index (χ1) is 12.6. The first kappa shape index (κ1) is 21.2. The van der Waals surface area contributed by atoms with Crippen molar-refractivity contribution in [2.24, 2.45) is 5.73 Å². The Balaban J connectivity index is 2.17. The van der Waals surface area contributed by atoms with Gasteiger partial charge in [0, 0.05) is 12.7 Å². The second-order valence-electron chi connectivity index (χ2n) is 6.01. The van der Waals surface area contributed by atoms with Crippen molar-refractivity contribution >= 4 is 29.8 Å². The molecule has 27 heavy (non-hydrogen) atoms. The lowest BCUT2D eigenvalue weighted by Gasteiger charge is -2.48. The molecular weight excluding hydrogens is 386 g/mol. The van der Waals surface area contributed by atoms with E-state index in [2.05, 4.69) is 0 Å². The minimum absolute atomic E-state index is 0.185. The van der Waals surface area contributed by atoms with E-state index in [0.717, 1.165) is 11.0 Å². The van der Waals surface area contributed by atoms with E-state index in [0.29, 0.717) is 6.08 Å². The Morgan fingerprint density at radius 3 is 2.52 bits per heavy atom. The average molecular weight is 406 g/mol. The third-order valence-corrected chi connectivity index (χ3v) is 4.87. The van der Waals surface area contributed by atoms with Crippen LogP contribution in [-0.4, -0.2) is 58.9 Å². The van der Waals surface area contributed by atoms with Gasteiger partial charge >= 0.3 is 12.1 Å². The normalized spacial score (nSPS) is 23.4. The number of halogens is 2. The monoisotopic (exact) mass is 406 g/mol. The molecule has 3 atom stereocenters. The first-order valence-electron chi connectivity index (χ1n) is 8.09. The zero-order chi connectivity index (χ0) is 20.3. The molecule has 2 aliphatic heterocycles. The summed E-state index contributed by atoms with van der Waals surface area (Å²) in [5.41, 5.74) is 5.72. The van der Waals surface area contributed by atoms with Gasteiger partial charge in [-0.1, -0.05) is 6.08 Å². The predicted octanol–water partition coefficient (Wildman–Crippen LogP) is 1.75. The van der Waals surface area contributed by atoms with Crippen LogP contribution >= 0.6 is 11.8 Å². The van der Waals surface area contributed by atoms with Crippen LogP contribution in [0.2, 0.25) is 0 Å². The number of ether oxygens (including phenoxy) is 3. The Morgan fingerprint density at radius 2 is 1.93 bits per heavy atom. The molecule has 2 aliphatic rings. The Hall–Kier alpha value is -2.14. The Kier molecular flexibility index (Phi) is 6.82. The number of carbonyl (C=O) groups excluding carboxylic acids is 3. The van der Waals surface area contributed by atoms with E-state index >= 15 is 0 Å². The smallest absolute Gasteiger partial charge is 0.431 e. The van der Waals surface area contributed by atoms with E-state index in [-0.39, 0.29) is 17.0 Å². The lowest BCUT2D eigenvalue weighted by atomic mass is 10.0. The van der Waals surface area contributed by atoms with Crippen LogP contribution in [0, 0.1) is 0 Å². The van der Waals surface area contributed by atoms with Crippen LogP contribution in [0.15, 0.2) is 23.4 Å². The molecule has 0 saturated carbocycles. The van der Waals surface area contributed by atoms with E-state index in [9.17, 15) is 23.2 Å². The Labute approximate surface area is 158 Å². The van der Waals surface area contributed by atoms with Crippen LogP contribution in [0.3, 0.4) is 0 Å². The summed E-state index contributed by atoms with van der Waals surface area (Å²) in [4.78, 5) is 37.2. The maximum Gasteiger partial charge on any atom is 0.511 e. The number of carbonyl (C=O) groups is 3. The van der Waals surface area contributed by atoms with Gasteiger partial charge in [-0.05, 0) is 25.5 Å². The quantitative estimate of drug-likeness (QED) is 0.404. The van der Waals surface area contributed by atoms with Gasteiger partial charge in [0.25, 0.3) is 6.43 Å². The van der Waals surface area contributed by atoms with Crippen LogP contribution < -0.4 is 5.73 Å². The van der Waals surface area contributed by atoms with E-state index in [1.807, 2.05) is 0 Å². The number of amides is 1. The highest BCUT2D eigenvalue weighted by Gasteiger charge is 2.52. The van der Waals surface area contributed by atoms with Crippen molar-refractivity contribution in [1.29, 1.82) is 0 Å². The molecule has 0 bridgehead atoms. The first-order valence-corrected chi connectivity index (χ1v) is 9.14. The minimum atomic E-state index is -2.72. The molecular formula is C16H20F2N2O6S. The number of esters is 1. The van der Waals surface area contributed by atoms with Crippen molar-refractivity contribution in [1.82, 2.24) is 4.90 Å². The fourth-order valence-electron chi connectivity index (χ4n) is 2.43. The number of nitrogens with two attached hydrogens (primary N) is 1. The molecule has 0 radical (unpaired) electrons. The molecule has 1 unspecified atom stereocenters. The molecule has 8 nitrogen and oxygen atoms in total. The van der Waals surface area contributed by atoms with Gasteiger partial charge in [-0.2, -0.15) is 0 Å². The number of allylic oxidation sites excluding steroid dienone is 2. The zero-order valence-electron chi connectivity index (χ0n) is 14.9. The summed E-state index contributed by atoms with van der Waals surface area (Å²) >= 11 is 1.26. The fraction of sp³-hybridized carbons (Fsp3) is 0.562. The number of thioether (sulfide) groups is 1. The van der Waals surface area contributed by atoms with E-state index in [1.54, 1.807) is 13.8 Å². The van der Waals surface area contributed by atoms with Crippen molar-refractivity contribution in [3.8, 4) is 0 Å². The Morgan fingerprint density at radius 1 is 1.26 bits per heavy atom. The van der Waals surface area contributed by atoms with Crippen LogP contribution in [0.5, 0.6) is 0 Å². The number of hydrogen-bond acceptors (Lipinski definition) is 8. The molecule has 2 heterocycles. The van der Waals surface area contributed by atoms with Gasteiger partial charge in [-0.3, -0.25) is 9.69 Å². The number of alkyl halides is 2. The van der Waals surface area contributed by atoms with Gasteiger partial charge in [0.15, 0.2) is 0 Å². The van der Waals surface area contributed by atoms with E-state index in [4.69, 9.17) is 19.9 Å². The summed E-state index contributed by atoms with van der Waals surface area (Å²) in [6, 6.07) is -0.784. The number of β-lactam (4-membered cyclic amide) rings is 1.